The highest BCUT2D eigenvalue weighted by Crippen LogP contribution is 1.91. The third kappa shape index (κ3) is 2.77. The van der Waals surface area contributed by atoms with Gasteiger partial charge in [0, 0.05) is 26.3 Å². The van der Waals surface area contributed by atoms with Gasteiger partial charge in [-0.25, -0.2) is 0 Å². The minimum atomic E-state index is 0.205. The van der Waals surface area contributed by atoms with E-state index in [1.54, 1.807) is 4.68 Å². The van der Waals surface area contributed by atoms with Gasteiger partial charge in [-0.15, -0.1) is 0 Å². The highest BCUT2D eigenvalue weighted by molar-refractivity contribution is 5.25. The molecule has 1 aromatic rings. The Hall–Kier alpha value is -1.27. The lowest BCUT2D eigenvalue weighted by Crippen LogP contribution is -1.87. The summed E-state index contributed by atoms with van der Waals surface area (Å²) in [4.78, 5) is 0. The van der Waals surface area contributed by atoms with Crippen molar-refractivity contribution in [1.82, 2.24) is 9.78 Å². The van der Waals surface area contributed by atoms with E-state index < -0.39 is 0 Å². The molecule has 0 spiro atoms. The van der Waals surface area contributed by atoms with Crippen LogP contribution < -0.4 is 0 Å². The van der Waals surface area contributed by atoms with E-state index >= 15 is 0 Å². The maximum absolute atomic E-state index is 8.48. The van der Waals surface area contributed by atoms with E-state index in [1.165, 1.54) is 0 Å². The summed E-state index contributed by atoms with van der Waals surface area (Å²) in [6, 6.07) is 1.87. The van der Waals surface area contributed by atoms with Crippen LogP contribution in [0.3, 0.4) is 0 Å². The van der Waals surface area contributed by atoms with Crippen LogP contribution in [0.25, 0.3) is 0 Å². The van der Waals surface area contributed by atoms with E-state index in [4.69, 9.17) is 5.11 Å². The molecule has 0 amide bonds. The normalized spacial score (nSPS) is 9.17. The fourth-order valence-electron chi connectivity index (χ4n) is 0.802. The molecule has 1 rings (SSSR count). The van der Waals surface area contributed by atoms with Gasteiger partial charge in [0.2, 0.25) is 0 Å². The van der Waals surface area contributed by atoms with Crippen LogP contribution >= 0.6 is 0 Å². The number of aliphatic hydroxyl groups is 1. The van der Waals surface area contributed by atoms with Crippen LogP contribution in [0.5, 0.6) is 0 Å². The summed E-state index contributed by atoms with van der Waals surface area (Å²) in [6.07, 6.45) is 3.32. The molecule has 1 heterocycles. The summed E-state index contributed by atoms with van der Waals surface area (Å²) in [5.74, 6) is 5.84. The van der Waals surface area contributed by atoms with Gasteiger partial charge in [-0.05, 0) is 18.4 Å². The Labute approximate surface area is 72.0 Å². The van der Waals surface area contributed by atoms with Gasteiger partial charge < -0.3 is 5.11 Å². The van der Waals surface area contributed by atoms with Crippen molar-refractivity contribution in [3.8, 4) is 11.8 Å². The Morgan fingerprint density at radius 2 is 2.50 bits per heavy atom. The van der Waals surface area contributed by atoms with E-state index in [0.717, 1.165) is 18.5 Å². The van der Waals surface area contributed by atoms with E-state index in [-0.39, 0.29) is 6.61 Å². The molecule has 3 heteroatoms. The predicted molar refractivity (Wildman–Crippen MR) is 46.4 cm³/mol. The highest BCUT2D eigenvalue weighted by atomic mass is 16.2. The molecule has 12 heavy (non-hydrogen) atoms. The molecule has 1 aromatic heterocycles. The van der Waals surface area contributed by atoms with Gasteiger partial charge >= 0.3 is 0 Å². The molecule has 0 fully saturated rings. The SMILES string of the molecule is Cn1ccc(C#CCCCO)n1. The topological polar surface area (TPSA) is 38.0 Å². The molecular formula is C9H12N2O. The first-order valence-corrected chi connectivity index (χ1v) is 3.92. The van der Waals surface area contributed by atoms with Gasteiger partial charge in [-0.2, -0.15) is 5.10 Å². The number of aromatic nitrogens is 2. The van der Waals surface area contributed by atoms with E-state index in [9.17, 15) is 0 Å². The molecular weight excluding hydrogens is 152 g/mol. The Bertz CT molecular complexity index is 293. The van der Waals surface area contributed by atoms with Crippen LogP contribution in [-0.4, -0.2) is 21.5 Å². The average molecular weight is 164 g/mol. The zero-order valence-corrected chi connectivity index (χ0v) is 7.12. The van der Waals surface area contributed by atoms with Crippen LogP contribution in [0.4, 0.5) is 0 Å². The molecule has 0 aliphatic heterocycles. The number of rotatable bonds is 2. The summed E-state index contributed by atoms with van der Waals surface area (Å²) in [7, 11) is 1.86. The molecule has 0 aliphatic carbocycles. The van der Waals surface area contributed by atoms with E-state index in [2.05, 4.69) is 16.9 Å². The maximum Gasteiger partial charge on any atom is 0.135 e. The molecule has 64 valence electrons. The first kappa shape index (κ1) is 8.82. The summed E-state index contributed by atoms with van der Waals surface area (Å²) in [6.45, 7) is 0.205. The minimum absolute atomic E-state index is 0.205. The summed E-state index contributed by atoms with van der Waals surface area (Å²) >= 11 is 0. The molecule has 0 saturated carbocycles. The van der Waals surface area contributed by atoms with Gasteiger partial charge in [0.25, 0.3) is 0 Å². The van der Waals surface area contributed by atoms with Crippen LogP contribution in [0.15, 0.2) is 12.3 Å². The molecule has 0 saturated heterocycles. The summed E-state index contributed by atoms with van der Waals surface area (Å²) in [5, 5.41) is 12.6. The fourth-order valence-corrected chi connectivity index (χ4v) is 0.802. The molecule has 0 unspecified atom stereocenters. The lowest BCUT2D eigenvalue weighted by Gasteiger charge is -1.83. The smallest absolute Gasteiger partial charge is 0.135 e. The molecule has 0 aromatic carbocycles. The summed E-state index contributed by atoms with van der Waals surface area (Å²) < 4.78 is 1.72. The number of aliphatic hydroxyl groups excluding tert-OH is 1. The number of hydrogen-bond donors (Lipinski definition) is 1. The van der Waals surface area contributed by atoms with Crippen molar-refractivity contribution in [2.75, 3.05) is 6.61 Å². The predicted octanol–water partition coefficient (Wildman–Crippen LogP) is 0.544. The van der Waals surface area contributed by atoms with Crippen LogP contribution in [0.2, 0.25) is 0 Å². The second-order valence-electron chi connectivity index (χ2n) is 2.50. The van der Waals surface area contributed by atoms with Crippen LogP contribution in [0.1, 0.15) is 18.5 Å². The van der Waals surface area contributed by atoms with Crippen molar-refractivity contribution in [3.05, 3.63) is 18.0 Å². The number of aryl methyl sites for hydroxylation is 1. The highest BCUT2D eigenvalue weighted by Gasteiger charge is 1.88. The first-order valence-electron chi connectivity index (χ1n) is 3.92. The third-order valence-corrected chi connectivity index (χ3v) is 1.39. The average Bonchev–Trinajstić information content (AvgIpc) is 2.45. The number of nitrogens with zero attached hydrogens (tertiary/aromatic N) is 2. The second kappa shape index (κ2) is 4.58. The summed E-state index contributed by atoms with van der Waals surface area (Å²) in [5.41, 5.74) is 0.787. The number of unbranched alkanes of at least 4 members (excludes halogenated alkanes) is 1. The Balaban J connectivity index is 2.43. The van der Waals surface area contributed by atoms with Crippen molar-refractivity contribution in [2.45, 2.75) is 12.8 Å². The van der Waals surface area contributed by atoms with Gasteiger partial charge in [0.1, 0.15) is 5.69 Å². The largest absolute Gasteiger partial charge is 0.396 e. The van der Waals surface area contributed by atoms with Gasteiger partial charge in [0.05, 0.1) is 0 Å². The molecule has 0 radical (unpaired) electrons. The molecule has 0 aliphatic rings. The minimum Gasteiger partial charge on any atom is -0.396 e. The van der Waals surface area contributed by atoms with Crippen molar-refractivity contribution in [3.63, 3.8) is 0 Å². The van der Waals surface area contributed by atoms with E-state index in [0.29, 0.717) is 0 Å². The quantitative estimate of drug-likeness (QED) is 0.512. The van der Waals surface area contributed by atoms with Crippen LogP contribution in [0, 0.1) is 11.8 Å². The second-order valence-corrected chi connectivity index (χ2v) is 2.50. The third-order valence-electron chi connectivity index (χ3n) is 1.39. The Morgan fingerprint density at radius 1 is 1.67 bits per heavy atom. The molecule has 1 N–H and O–H groups in total. The molecule has 0 atom stereocenters. The van der Waals surface area contributed by atoms with Crippen molar-refractivity contribution >= 4 is 0 Å². The Morgan fingerprint density at radius 3 is 3.08 bits per heavy atom. The van der Waals surface area contributed by atoms with Crippen molar-refractivity contribution in [2.24, 2.45) is 7.05 Å². The Kier molecular flexibility index (Phi) is 3.36. The van der Waals surface area contributed by atoms with Gasteiger partial charge in [0.15, 0.2) is 0 Å². The van der Waals surface area contributed by atoms with Crippen molar-refractivity contribution < 1.29 is 5.11 Å². The lowest BCUT2D eigenvalue weighted by atomic mass is 10.3. The van der Waals surface area contributed by atoms with Crippen molar-refractivity contribution in [1.29, 1.82) is 0 Å². The van der Waals surface area contributed by atoms with E-state index in [1.807, 2.05) is 19.3 Å². The van der Waals surface area contributed by atoms with Gasteiger partial charge in [-0.1, -0.05) is 5.92 Å². The first-order chi connectivity index (χ1) is 5.83. The maximum atomic E-state index is 8.48. The lowest BCUT2D eigenvalue weighted by molar-refractivity contribution is 0.290. The fraction of sp³-hybridized carbons (Fsp3) is 0.444. The van der Waals surface area contributed by atoms with Gasteiger partial charge in [-0.3, -0.25) is 4.68 Å². The monoisotopic (exact) mass is 164 g/mol. The molecule has 0 bridgehead atoms. The van der Waals surface area contributed by atoms with Crippen LogP contribution in [-0.2, 0) is 7.05 Å². The molecule has 3 nitrogen and oxygen atoms in total. The number of hydrogen-bond acceptors (Lipinski definition) is 2. The standard InChI is InChI=1S/C9H12N2O/c1-11-7-6-9(10-11)5-3-2-4-8-12/h6-7,12H,2,4,8H2,1H3. The zero-order valence-electron chi connectivity index (χ0n) is 7.12. The zero-order chi connectivity index (χ0) is 8.81.